The minimum absolute atomic E-state index is 0.159. The van der Waals surface area contributed by atoms with E-state index in [9.17, 15) is 13.2 Å². The highest BCUT2D eigenvalue weighted by Crippen LogP contribution is 2.33. The molecule has 2 aromatic carbocycles. The summed E-state index contributed by atoms with van der Waals surface area (Å²) in [5.74, 6) is 0.253. The second-order valence-corrected chi connectivity index (χ2v) is 9.69. The van der Waals surface area contributed by atoms with Gasteiger partial charge in [0.25, 0.3) is 15.9 Å². The molecule has 1 aliphatic heterocycles. The minimum Gasteiger partial charge on any atom is -0.349 e. The molecule has 1 fully saturated rings. The number of fused-ring (bicyclic) bond motifs is 1. The van der Waals surface area contributed by atoms with Crippen LogP contribution in [-0.2, 0) is 16.4 Å². The highest BCUT2D eigenvalue weighted by atomic mass is 32.2. The third kappa shape index (κ3) is 3.53. The summed E-state index contributed by atoms with van der Waals surface area (Å²) in [6.45, 7) is 2.59. The van der Waals surface area contributed by atoms with Gasteiger partial charge in [0.2, 0.25) is 0 Å². The topological polar surface area (TPSA) is 66.5 Å². The van der Waals surface area contributed by atoms with E-state index in [0.717, 1.165) is 30.5 Å². The Morgan fingerprint density at radius 1 is 1.07 bits per heavy atom. The Balaban J connectivity index is 1.57. The molecule has 0 aromatic heterocycles. The Morgan fingerprint density at radius 3 is 2.68 bits per heavy atom. The second kappa shape index (κ2) is 7.59. The highest BCUT2D eigenvalue weighted by molar-refractivity contribution is 7.92. The fourth-order valence-corrected chi connectivity index (χ4v) is 5.81. The molecular weight excluding hydrogens is 372 g/mol. The van der Waals surface area contributed by atoms with Crippen molar-refractivity contribution in [2.45, 2.75) is 50.0 Å². The van der Waals surface area contributed by atoms with E-state index in [4.69, 9.17) is 0 Å². The van der Waals surface area contributed by atoms with Crippen molar-refractivity contribution in [1.82, 2.24) is 5.32 Å². The van der Waals surface area contributed by atoms with Crippen molar-refractivity contribution in [3.8, 4) is 0 Å². The van der Waals surface area contributed by atoms with E-state index in [1.807, 2.05) is 24.3 Å². The van der Waals surface area contributed by atoms with Gasteiger partial charge in [-0.15, -0.1) is 0 Å². The van der Waals surface area contributed by atoms with Crippen molar-refractivity contribution in [1.29, 1.82) is 0 Å². The smallest absolute Gasteiger partial charge is 0.264 e. The maximum Gasteiger partial charge on any atom is 0.264 e. The molecule has 28 heavy (non-hydrogen) atoms. The Bertz CT molecular complexity index is 987. The Labute approximate surface area is 166 Å². The van der Waals surface area contributed by atoms with E-state index in [2.05, 4.69) is 12.2 Å². The molecule has 1 heterocycles. The van der Waals surface area contributed by atoms with Crippen LogP contribution >= 0.6 is 0 Å². The summed E-state index contributed by atoms with van der Waals surface area (Å²) in [5, 5.41) is 3.10. The maximum absolute atomic E-state index is 13.2. The number of rotatable bonds is 4. The summed E-state index contributed by atoms with van der Waals surface area (Å²) in [5.41, 5.74) is 2.16. The first-order chi connectivity index (χ1) is 13.5. The van der Waals surface area contributed by atoms with Gasteiger partial charge in [0.1, 0.15) is 0 Å². The van der Waals surface area contributed by atoms with Crippen LogP contribution in [0.25, 0.3) is 0 Å². The molecule has 1 N–H and O–H groups in total. The average molecular weight is 399 g/mol. The quantitative estimate of drug-likeness (QED) is 0.853. The number of sulfonamides is 1. The zero-order valence-electron chi connectivity index (χ0n) is 16.1. The average Bonchev–Trinajstić information content (AvgIpc) is 3.15. The van der Waals surface area contributed by atoms with Crippen molar-refractivity contribution in [3.05, 3.63) is 59.7 Å². The molecule has 0 spiro atoms. The number of hydrogen-bond donors (Lipinski definition) is 1. The van der Waals surface area contributed by atoms with Gasteiger partial charge in [0.15, 0.2) is 0 Å². The third-order valence-corrected chi connectivity index (χ3v) is 7.77. The predicted octanol–water partition coefficient (Wildman–Crippen LogP) is 3.75. The standard InChI is InChI=1S/C22H26N2O3S/c1-16-7-2-4-11-20(16)23-22(25)18-9-6-10-19(15-18)28(26,27)24-14-13-17-8-3-5-12-21(17)24/h3,5-6,8-10,12,15-16,20H,2,4,7,11,13-14H2,1H3,(H,23,25)/t16-,20-/m0/s1. The number of benzene rings is 2. The number of amides is 1. The fourth-order valence-electron chi connectivity index (χ4n) is 4.27. The van der Waals surface area contributed by atoms with Crippen LogP contribution < -0.4 is 9.62 Å². The number of anilines is 1. The number of hydrogen-bond acceptors (Lipinski definition) is 3. The number of nitrogens with zero attached hydrogens (tertiary/aromatic N) is 1. The van der Waals surface area contributed by atoms with Crippen molar-refractivity contribution in [2.24, 2.45) is 5.92 Å². The predicted molar refractivity (Wildman–Crippen MR) is 110 cm³/mol. The summed E-state index contributed by atoms with van der Waals surface area (Å²) >= 11 is 0. The lowest BCUT2D eigenvalue weighted by molar-refractivity contribution is 0.0910. The number of carbonyl (C=O) groups excluding carboxylic acids is 1. The largest absolute Gasteiger partial charge is 0.349 e. The van der Waals surface area contributed by atoms with Gasteiger partial charge in [-0.1, -0.05) is 44.0 Å². The molecule has 2 aliphatic rings. The highest BCUT2D eigenvalue weighted by Gasteiger charge is 2.31. The Kier molecular flexibility index (Phi) is 5.15. The van der Waals surface area contributed by atoms with Crippen LogP contribution in [0.3, 0.4) is 0 Å². The lowest BCUT2D eigenvalue weighted by Crippen LogP contribution is -2.41. The molecular formula is C22H26N2O3S. The van der Waals surface area contributed by atoms with Gasteiger partial charge in [-0.05, 0) is 55.0 Å². The van der Waals surface area contributed by atoms with Gasteiger partial charge in [-0.2, -0.15) is 0 Å². The fraction of sp³-hybridized carbons (Fsp3) is 0.409. The van der Waals surface area contributed by atoms with E-state index in [1.54, 1.807) is 18.2 Å². The van der Waals surface area contributed by atoms with Gasteiger partial charge in [0.05, 0.1) is 10.6 Å². The van der Waals surface area contributed by atoms with Crippen molar-refractivity contribution >= 4 is 21.6 Å². The van der Waals surface area contributed by atoms with E-state index in [1.165, 1.54) is 16.8 Å². The van der Waals surface area contributed by atoms with E-state index in [0.29, 0.717) is 24.4 Å². The van der Waals surface area contributed by atoms with E-state index < -0.39 is 10.0 Å². The molecule has 4 rings (SSSR count). The van der Waals surface area contributed by atoms with Gasteiger partial charge in [0, 0.05) is 18.2 Å². The SMILES string of the molecule is C[C@H]1CCCC[C@@H]1NC(=O)c1cccc(S(=O)(=O)N2CCc3ccccc32)c1. The van der Waals surface area contributed by atoms with Gasteiger partial charge in [-0.25, -0.2) is 8.42 Å². The monoisotopic (exact) mass is 398 g/mol. The zero-order valence-corrected chi connectivity index (χ0v) is 16.9. The molecule has 5 nitrogen and oxygen atoms in total. The van der Waals surface area contributed by atoms with Crippen molar-refractivity contribution in [2.75, 3.05) is 10.8 Å². The third-order valence-electron chi connectivity index (χ3n) is 5.96. The van der Waals surface area contributed by atoms with E-state index in [-0.39, 0.29) is 16.8 Å². The molecule has 1 saturated carbocycles. The van der Waals surface area contributed by atoms with Crippen LogP contribution in [0.4, 0.5) is 5.69 Å². The Morgan fingerprint density at radius 2 is 1.86 bits per heavy atom. The van der Waals surface area contributed by atoms with Gasteiger partial charge < -0.3 is 5.32 Å². The molecule has 2 aromatic rings. The van der Waals surface area contributed by atoms with Crippen LogP contribution in [-0.4, -0.2) is 26.9 Å². The molecule has 1 aliphatic carbocycles. The first kappa shape index (κ1) is 19.0. The summed E-state index contributed by atoms with van der Waals surface area (Å²) in [6, 6.07) is 14.1. The van der Waals surface area contributed by atoms with Crippen LogP contribution in [0, 0.1) is 5.92 Å². The molecule has 6 heteroatoms. The van der Waals surface area contributed by atoms with Crippen molar-refractivity contribution < 1.29 is 13.2 Å². The molecule has 148 valence electrons. The van der Waals surface area contributed by atoms with Crippen LogP contribution in [0.5, 0.6) is 0 Å². The molecule has 0 bridgehead atoms. The van der Waals surface area contributed by atoms with Crippen LogP contribution in [0.15, 0.2) is 53.4 Å². The van der Waals surface area contributed by atoms with Gasteiger partial charge >= 0.3 is 0 Å². The first-order valence-electron chi connectivity index (χ1n) is 9.98. The van der Waals surface area contributed by atoms with Crippen LogP contribution in [0.2, 0.25) is 0 Å². The molecule has 0 radical (unpaired) electrons. The first-order valence-corrected chi connectivity index (χ1v) is 11.4. The summed E-state index contributed by atoms with van der Waals surface area (Å²) < 4.78 is 27.9. The van der Waals surface area contributed by atoms with Crippen LogP contribution in [0.1, 0.15) is 48.5 Å². The minimum atomic E-state index is -3.70. The molecule has 2 atom stereocenters. The number of nitrogens with one attached hydrogen (secondary N) is 1. The van der Waals surface area contributed by atoms with Crippen molar-refractivity contribution in [3.63, 3.8) is 0 Å². The molecule has 0 unspecified atom stereocenters. The van der Waals surface area contributed by atoms with E-state index >= 15 is 0 Å². The molecule has 1 amide bonds. The molecule has 0 saturated heterocycles. The van der Waals surface area contributed by atoms with Gasteiger partial charge in [-0.3, -0.25) is 9.10 Å². The Hall–Kier alpha value is -2.34. The zero-order chi connectivity index (χ0) is 19.7. The second-order valence-electron chi connectivity index (χ2n) is 7.83. The summed E-state index contributed by atoms with van der Waals surface area (Å²) in [7, 11) is -3.70. The number of para-hydroxylation sites is 1. The normalized spacial score (nSPS) is 22.0. The summed E-state index contributed by atoms with van der Waals surface area (Å²) in [4.78, 5) is 12.9. The summed E-state index contributed by atoms with van der Waals surface area (Å²) in [6.07, 6.45) is 5.13. The lowest BCUT2D eigenvalue weighted by Gasteiger charge is -2.29. The number of carbonyl (C=O) groups is 1. The lowest BCUT2D eigenvalue weighted by atomic mass is 9.86. The maximum atomic E-state index is 13.2.